The summed E-state index contributed by atoms with van der Waals surface area (Å²) in [5.41, 5.74) is 0.645. The maximum absolute atomic E-state index is 12.7. The minimum Gasteiger partial charge on any atom is -0.469 e. The van der Waals surface area contributed by atoms with E-state index in [4.69, 9.17) is 9.15 Å². The van der Waals surface area contributed by atoms with Crippen molar-refractivity contribution in [2.45, 2.75) is 19.4 Å². The number of ether oxygens (including phenoxy) is 1. The first-order chi connectivity index (χ1) is 12.2. The molecule has 4 heterocycles. The Hall–Kier alpha value is -2.41. The lowest BCUT2D eigenvalue weighted by Crippen LogP contribution is -2.49. The minimum atomic E-state index is 0.0285. The second kappa shape index (κ2) is 6.84. The van der Waals surface area contributed by atoms with Gasteiger partial charge in [0.05, 0.1) is 24.5 Å². The van der Waals surface area contributed by atoms with Gasteiger partial charge in [-0.3, -0.25) is 4.79 Å². The SMILES string of the molecule is Cc1occc1C(=O)N1CC[C@H]2CN(c3ncccn3)CCO[C@H]2C1. The van der Waals surface area contributed by atoms with Crippen LogP contribution >= 0.6 is 0 Å². The second-order valence-electron chi connectivity index (χ2n) is 6.59. The van der Waals surface area contributed by atoms with Gasteiger partial charge >= 0.3 is 0 Å². The number of carbonyl (C=O) groups is 1. The highest BCUT2D eigenvalue weighted by atomic mass is 16.5. The molecule has 4 rings (SSSR count). The number of piperidine rings is 1. The summed E-state index contributed by atoms with van der Waals surface area (Å²) in [5.74, 6) is 1.82. The highest BCUT2D eigenvalue weighted by molar-refractivity contribution is 5.95. The molecular weight excluding hydrogens is 320 g/mol. The monoisotopic (exact) mass is 342 g/mol. The van der Waals surface area contributed by atoms with Crippen LogP contribution in [0.1, 0.15) is 22.5 Å². The van der Waals surface area contributed by atoms with Crippen molar-refractivity contribution in [3.05, 3.63) is 42.1 Å². The van der Waals surface area contributed by atoms with Crippen LogP contribution in [0.25, 0.3) is 0 Å². The van der Waals surface area contributed by atoms with E-state index in [-0.39, 0.29) is 12.0 Å². The lowest BCUT2D eigenvalue weighted by molar-refractivity contribution is -0.0169. The molecule has 7 heteroatoms. The number of hydrogen-bond donors (Lipinski definition) is 0. The lowest BCUT2D eigenvalue weighted by Gasteiger charge is -2.37. The summed E-state index contributed by atoms with van der Waals surface area (Å²) in [5, 5.41) is 0. The van der Waals surface area contributed by atoms with E-state index >= 15 is 0 Å². The molecule has 0 unspecified atom stereocenters. The van der Waals surface area contributed by atoms with Crippen LogP contribution in [0.2, 0.25) is 0 Å². The Morgan fingerprint density at radius 1 is 1.24 bits per heavy atom. The smallest absolute Gasteiger partial charge is 0.257 e. The predicted octanol–water partition coefficient (Wildman–Crippen LogP) is 1.75. The molecule has 2 atom stereocenters. The fraction of sp³-hybridized carbons (Fsp3) is 0.500. The lowest BCUT2D eigenvalue weighted by atomic mass is 9.93. The van der Waals surface area contributed by atoms with Crippen LogP contribution in [-0.2, 0) is 4.74 Å². The zero-order valence-corrected chi connectivity index (χ0v) is 14.3. The number of rotatable bonds is 2. The summed E-state index contributed by atoms with van der Waals surface area (Å²) in [6, 6.07) is 3.56. The zero-order valence-electron chi connectivity index (χ0n) is 14.3. The number of hydrogen-bond acceptors (Lipinski definition) is 6. The van der Waals surface area contributed by atoms with Crippen LogP contribution in [0.3, 0.4) is 0 Å². The summed E-state index contributed by atoms with van der Waals surface area (Å²) >= 11 is 0. The molecule has 0 N–H and O–H groups in total. The summed E-state index contributed by atoms with van der Waals surface area (Å²) in [4.78, 5) is 25.5. The van der Waals surface area contributed by atoms with Crippen molar-refractivity contribution in [1.29, 1.82) is 0 Å². The topological polar surface area (TPSA) is 71.7 Å². The van der Waals surface area contributed by atoms with E-state index < -0.39 is 0 Å². The van der Waals surface area contributed by atoms with Crippen LogP contribution < -0.4 is 4.90 Å². The third kappa shape index (κ3) is 3.24. The summed E-state index contributed by atoms with van der Waals surface area (Å²) in [6.07, 6.45) is 6.06. The van der Waals surface area contributed by atoms with Crippen LogP contribution in [-0.4, -0.2) is 59.7 Å². The largest absolute Gasteiger partial charge is 0.469 e. The summed E-state index contributed by atoms with van der Waals surface area (Å²) in [7, 11) is 0. The quantitative estimate of drug-likeness (QED) is 0.828. The van der Waals surface area contributed by atoms with E-state index in [2.05, 4.69) is 14.9 Å². The maximum Gasteiger partial charge on any atom is 0.257 e. The van der Waals surface area contributed by atoms with E-state index in [1.165, 1.54) is 0 Å². The first-order valence-corrected chi connectivity index (χ1v) is 8.69. The van der Waals surface area contributed by atoms with Gasteiger partial charge in [-0.25, -0.2) is 9.97 Å². The predicted molar refractivity (Wildman–Crippen MR) is 91.4 cm³/mol. The Balaban J connectivity index is 1.44. The van der Waals surface area contributed by atoms with Crippen molar-refractivity contribution in [3.8, 4) is 0 Å². The van der Waals surface area contributed by atoms with Crippen molar-refractivity contribution < 1.29 is 13.9 Å². The highest BCUT2D eigenvalue weighted by Crippen LogP contribution is 2.27. The van der Waals surface area contributed by atoms with Gasteiger partial charge in [0, 0.05) is 44.5 Å². The molecule has 2 fully saturated rings. The van der Waals surface area contributed by atoms with E-state index in [1.807, 2.05) is 17.9 Å². The van der Waals surface area contributed by atoms with Gasteiger partial charge in [-0.1, -0.05) is 0 Å². The van der Waals surface area contributed by atoms with Crippen LogP contribution in [0.5, 0.6) is 0 Å². The van der Waals surface area contributed by atoms with Gasteiger partial charge < -0.3 is 19.0 Å². The molecule has 7 nitrogen and oxygen atoms in total. The normalized spacial score (nSPS) is 23.9. The molecule has 2 aliphatic heterocycles. The van der Waals surface area contributed by atoms with E-state index in [0.29, 0.717) is 30.4 Å². The standard InChI is InChI=1S/C18H22N4O3/c1-13-15(4-9-24-13)17(23)21-7-3-14-11-22(8-10-25-16(14)12-21)18-19-5-2-6-20-18/h2,4-6,9,14,16H,3,7-8,10-12H2,1H3/t14-,16-/m0/s1. The van der Waals surface area contributed by atoms with Crippen LogP contribution in [0, 0.1) is 12.8 Å². The fourth-order valence-electron chi connectivity index (χ4n) is 3.65. The molecule has 0 aliphatic carbocycles. The molecule has 2 aliphatic rings. The van der Waals surface area contributed by atoms with E-state index in [9.17, 15) is 4.79 Å². The highest BCUT2D eigenvalue weighted by Gasteiger charge is 2.36. The number of fused-ring (bicyclic) bond motifs is 1. The van der Waals surface area contributed by atoms with Crippen molar-refractivity contribution in [2.24, 2.45) is 5.92 Å². The average Bonchev–Trinajstić information content (AvgIpc) is 2.96. The Labute approximate surface area is 146 Å². The van der Waals surface area contributed by atoms with Crippen LogP contribution in [0.4, 0.5) is 5.95 Å². The molecule has 1 amide bonds. The molecule has 0 spiro atoms. The number of likely N-dealkylation sites (tertiary alicyclic amines) is 1. The van der Waals surface area contributed by atoms with Crippen molar-refractivity contribution >= 4 is 11.9 Å². The van der Waals surface area contributed by atoms with Gasteiger partial charge in [0.2, 0.25) is 5.95 Å². The zero-order chi connectivity index (χ0) is 17.2. The fourth-order valence-corrected chi connectivity index (χ4v) is 3.65. The Kier molecular flexibility index (Phi) is 4.40. The number of furan rings is 1. The molecule has 0 aromatic carbocycles. The molecule has 2 aromatic heterocycles. The summed E-state index contributed by atoms with van der Waals surface area (Å²) in [6.45, 7) is 5.42. The molecule has 25 heavy (non-hydrogen) atoms. The first-order valence-electron chi connectivity index (χ1n) is 8.69. The van der Waals surface area contributed by atoms with Crippen molar-refractivity contribution in [3.63, 3.8) is 0 Å². The number of anilines is 1. The first kappa shape index (κ1) is 16.1. The van der Waals surface area contributed by atoms with Gasteiger partial charge in [0.1, 0.15) is 5.76 Å². The van der Waals surface area contributed by atoms with Gasteiger partial charge in [0.25, 0.3) is 5.91 Å². The third-order valence-electron chi connectivity index (χ3n) is 5.06. The van der Waals surface area contributed by atoms with Crippen LogP contribution in [0.15, 0.2) is 35.2 Å². The van der Waals surface area contributed by atoms with Gasteiger partial charge in [0.15, 0.2) is 0 Å². The Morgan fingerprint density at radius 2 is 2.08 bits per heavy atom. The van der Waals surface area contributed by atoms with E-state index in [0.717, 1.165) is 32.0 Å². The molecular formula is C18H22N4O3. The number of nitrogens with zero attached hydrogens (tertiary/aromatic N) is 4. The van der Waals surface area contributed by atoms with Gasteiger partial charge in [-0.15, -0.1) is 0 Å². The maximum atomic E-state index is 12.7. The van der Waals surface area contributed by atoms with Crippen molar-refractivity contribution in [2.75, 3.05) is 37.7 Å². The molecule has 0 bridgehead atoms. The number of carbonyl (C=O) groups excluding carboxylic acids is 1. The minimum absolute atomic E-state index is 0.0285. The summed E-state index contributed by atoms with van der Waals surface area (Å²) < 4.78 is 11.3. The third-order valence-corrected chi connectivity index (χ3v) is 5.06. The molecule has 2 aromatic rings. The number of aryl methyl sites for hydroxylation is 1. The van der Waals surface area contributed by atoms with E-state index in [1.54, 1.807) is 24.7 Å². The van der Waals surface area contributed by atoms with Gasteiger partial charge in [-0.2, -0.15) is 0 Å². The Morgan fingerprint density at radius 3 is 2.84 bits per heavy atom. The van der Waals surface area contributed by atoms with Gasteiger partial charge in [-0.05, 0) is 25.5 Å². The molecule has 132 valence electrons. The second-order valence-corrected chi connectivity index (χ2v) is 6.59. The number of aromatic nitrogens is 2. The molecule has 0 saturated carbocycles. The average molecular weight is 342 g/mol. The molecule has 2 saturated heterocycles. The van der Waals surface area contributed by atoms with Crippen molar-refractivity contribution in [1.82, 2.24) is 14.9 Å². The number of amides is 1. The Bertz CT molecular complexity index is 733. The molecule has 0 radical (unpaired) electrons.